The number of halogens is 1. The summed E-state index contributed by atoms with van der Waals surface area (Å²) < 4.78 is 7.69. The van der Waals surface area contributed by atoms with Crippen LogP contribution in [0.25, 0.3) is 0 Å². The van der Waals surface area contributed by atoms with Crippen molar-refractivity contribution in [2.24, 2.45) is 0 Å². The van der Waals surface area contributed by atoms with Gasteiger partial charge in [-0.15, -0.1) is 0 Å². The van der Waals surface area contributed by atoms with Crippen LogP contribution in [0, 0.1) is 0 Å². The van der Waals surface area contributed by atoms with E-state index in [0.29, 0.717) is 11.1 Å². The molecule has 6 heteroatoms. The highest BCUT2D eigenvalue weighted by atomic mass is 35.5. The summed E-state index contributed by atoms with van der Waals surface area (Å²) >= 11 is 5.88. The summed E-state index contributed by atoms with van der Waals surface area (Å²) in [4.78, 5) is 15.3. The molecule has 1 aliphatic rings. The predicted octanol–water partition coefficient (Wildman–Crippen LogP) is 3.15. The normalized spacial score (nSPS) is 14.2. The molecule has 0 unspecified atom stereocenters. The number of hydrogen-bond acceptors (Lipinski definition) is 3. The summed E-state index contributed by atoms with van der Waals surface area (Å²) in [6, 6.07) is 5.00. The van der Waals surface area contributed by atoms with Crippen LogP contribution in [0.15, 0.2) is 30.7 Å². The van der Waals surface area contributed by atoms with Gasteiger partial charge in [0.05, 0.1) is 18.2 Å². The van der Waals surface area contributed by atoms with E-state index in [2.05, 4.69) is 9.55 Å². The number of nitrogens with zero attached hydrogens (tertiary/aromatic N) is 2. The third-order valence-electron chi connectivity index (χ3n) is 3.24. The first-order valence-electron chi connectivity index (χ1n) is 6.31. The SMILES string of the molecule is O=C(O)c1ccc(Cl)cc1OCc1cncn1C1CC1. The minimum Gasteiger partial charge on any atom is -0.486 e. The summed E-state index contributed by atoms with van der Waals surface area (Å²) in [5.41, 5.74) is 1.04. The summed E-state index contributed by atoms with van der Waals surface area (Å²) in [6.45, 7) is 0.275. The average Bonchev–Trinajstić information content (AvgIpc) is 3.15. The number of imidazole rings is 1. The van der Waals surface area contributed by atoms with E-state index in [1.807, 2.05) is 0 Å². The quantitative estimate of drug-likeness (QED) is 0.919. The monoisotopic (exact) mass is 292 g/mol. The van der Waals surface area contributed by atoms with Gasteiger partial charge in [0, 0.05) is 11.1 Å². The lowest BCUT2D eigenvalue weighted by atomic mass is 10.2. The van der Waals surface area contributed by atoms with Crippen molar-refractivity contribution in [1.82, 2.24) is 9.55 Å². The third-order valence-corrected chi connectivity index (χ3v) is 3.47. The Labute approximate surface area is 120 Å². The van der Waals surface area contributed by atoms with Crippen molar-refractivity contribution in [2.45, 2.75) is 25.5 Å². The van der Waals surface area contributed by atoms with Crippen molar-refractivity contribution >= 4 is 17.6 Å². The second-order valence-electron chi connectivity index (χ2n) is 4.76. The van der Waals surface area contributed by atoms with Crippen LogP contribution in [0.5, 0.6) is 5.75 Å². The van der Waals surface area contributed by atoms with E-state index in [4.69, 9.17) is 21.4 Å². The molecule has 1 aromatic carbocycles. The van der Waals surface area contributed by atoms with Crippen LogP contribution < -0.4 is 4.74 Å². The minimum atomic E-state index is -1.03. The van der Waals surface area contributed by atoms with Crippen LogP contribution >= 0.6 is 11.6 Å². The fraction of sp³-hybridized carbons (Fsp3) is 0.286. The first-order valence-corrected chi connectivity index (χ1v) is 6.69. The number of carbonyl (C=O) groups is 1. The van der Waals surface area contributed by atoms with E-state index in [0.717, 1.165) is 18.5 Å². The van der Waals surface area contributed by atoms with Crippen LogP contribution in [-0.2, 0) is 6.61 Å². The predicted molar refractivity (Wildman–Crippen MR) is 73.2 cm³/mol. The van der Waals surface area contributed by atoms with Gasteiger partial charge in [-0.2, -0.15) is 0 Å². The Morgan fingerprint density at radius 3 is 3.00 bits per heavy atom. The van der Waals surface area contributed by atoms with Crippen LogP contribution in [0.1, 0.15) is 34.9 Å². The van der Waals surface area contributed by atoms with E-state index in [9.17, 15) is 4.79 Å². The topological polar surface area (TPSA) is 64.3 Å². The Morgan fingerprint density at radius 1 is 1.50 bits per heavy atom. The number of benzene rings is 1. The molecule has 0 amide bonds. The van der Waals surface area contributed by atoms with Crippen LogP contribution in [0.4, 0.5) is 0 Å². The highest BCUT2D eigenvalue weighted by Crippen LogP contribution is 2.36. The lowest BCUT2D eigenvalue weighted by Gasteiger charge is -2.11. The molecular weight excluding hydrogens is 280 g/mol. The Morgan fingerprint density at radius 2 is 2.30 bits per heavy atom. The summed E-state index contributed by atoms with van der Waals surface area (Å²) in [6.07, 6.45) is 5.83. The smallest absolute Gasteiger partial charge is 0.339 e. The van der Waals surface area contributed by atoms with Gasteiger partial charge in [0.15, 0.2) is 0 Å². The maximum atomic E-state index is 11.1. The van der Waals surface area contributed by atoms with Gasteiger partial charge in [-0.3, -0.25) is 0 Å². The number of carboxylic acids is 1. The molecule has 0 radical (unpaired) electrons. The van der Waals surface area contributed by atoms with Crippen LogP contribution in [0.2, 0.25) is 5.02 Å². The third kappa shape index (κ3) is 2.63. The first-order chi connectivity index (χ1) is 9.65. The van der Waals surface area contributed by atoms with Gasteiger partial charge in [-0.25, -0.2) is 9.78 Å². The zero-order valence-corrected chi connectivity index (χ0v) is 11.4. The number of aromatic carboxylic acids is 1. The molecule has 0 atom stereocenters. The van der Waals surface area contributed by atoms with E-state index in [-0.39, 0.29) is 17.9 Å². The highest BCUT2D eigenvalue weighted by Gasteiger charge is 2.25. The number of rotatable bonds is 5. The maximum absolute atomic E-state index is 11.1. The molecule has 1 aliphatic carbocycles. The zero-order valence-electron chi connectivity index (χ0n) is 10.6. The lowest BCUT2D eigenvalue weighted by molar-refractivity contribution is 0.0691. The van der Waals surface area contributed by atoms with Crippen molar-refractivity contribution in [1.29, 1.82) is 0 Å². The summed E-state index contributed by atoms with van der Waals surface area (Å²) in [5.74, 6) is -0.763. The van der Waals surface area contributed by atoms with Gasteiger partial charge in [0.1, 0.15) is 17.9 Å². The van der Waals surface area contributed by atoms with Gasteiger partial charge in [0.2, 0.25) is 0 Å². The Bertz CT molecular complexity index is 650. The number of hydrogen-bond donors (Lipinski definition) is 1. The standard InChI is InChI=1S/C14H13ClN2O3/c15-9-1-4-12(14(18)19)13(5-9)20-7-11-6-16-8-17(11)10-2-3-10/h1,4-6,8,10H,2-3,7H2,(H,18,19). The Kier molecular flexibility index (Phi) is 3.36. The van der Waals surface area contributed by atoms with Crippen LogP contribution in [0.3, 0.4) is 0 Å². The molecule has 1 saturated carbocycles. The molecule has 1 N–H and O–H groups in total. The Balaban J connectivity index is 1.79. The van der Waals surface area contributed by atoms with Gasteiger partial charge in [0.25, 0.3) is 0 Å². The molecule has 2 aromatic rings. The lowest BCUT2D eigenvalue weighted by Crippen LogP contribution is -2.06. The highest BCUT2D eigenvalue weighted by molar-refractivity contribution is 6.30. The number of carboxylic acid groups (broad SMARTS) is 1. The largest absolute Gasteiger partial charge is 0.486 e. The molecule has 5 nitrogen and oxygen atoms in total. The Hall–Kier alpha value is -2.01. The van der Waals surface area contributed by atoms with Crippen molar-refractivity contribution in [2.75, 3.05) is 0 Å². The molecule has 0 saturated heterocycles. The molecule has 0 aliphatic heterocycles. The molecule has 1 aromatic heterocycles. The van der Waals surface area contributed by atoms with Gasteiger partial charge < -0.3 is 14.4 Å². The van der Waals surface area contributed by atoms with Crippen molar-refractivity contribution in [3.8, 4) is 5.75 Å². The van der Waals surface area contributed by atoms with Gasteiger partial charge in [-0.1, -0.05) is 11.6 Å². The van der Waals surface area contributed by atoms with Crippen LogP contribution in [-0.4, -0.2) is 20.6 Å². The molecule has 0 bridgehead atoms. The second-order valence-corrected chi connectivity index (χ2v) is 5.19. The number of aromatic nitrogens is 2. The summed E-state index contributed by atoms with van der Waals surface area (Å²) in [7, 11) is 0. The zero-order chi connectivity index (χ0) is 14.1. The molecular formula is C14H13ClN2O3. The molecule has 20 heavy (non-hydrogen) atoms. The number of ether oxygens (including phenoxy) is 1. The molecule has 3 rings (SSSR count). The first kappa shape index (κ1) is 13.0. The molecule has 0 spiro atoms. The van der Waals surface area contributed by atoms with Gasteiger partial charge >= 0.3 is 5.97 Å². The fourth-order valence-electron chi connectivity index (χ4n) is 2.07. The molecule has 104 valence electrons. The van der Waals surface area contributed by atoms with Crippen molar-refractivity contribution in [3.63, 3.8) is 0 Å². The van der Waals surface area contributed by atoms with Crippen molar-refractivity contribution in [3.05, 3.63) is 47.0 Å². The van der Waals surface area contributed by atoms with E-state index >= 15 is 0 Å². The van der Waals surface area contributed by atoms with E-state index in [1.165, 1.54) is 18.2 Å². The molecule has 1 heterocycles. The summed E-state index contributed by atoms with van der Waals surface area (Å²) in [5, 5.41) is 9.57. The minimum absolute atomic E-state index is 0.104. The van der Waals surface area contributed by atoms with E-state index in [1.54, 1.807) is 12.5 Å². The van der Waals surface area contributed by atoms with Crippen molar-refractivity contribution < 1.29 is 14.6 Å². The second kappa shape index (κ2) is 5.17. The maximum Gasteiger partial charge on any atom is 0.339 e. The molecule has 1 fully saturated rings. The van der Waals surface area contributed by atoms with Gasteiger partial charge in [-0.05, 0) is 31.0 Å². The fourth-order valence-corrected chi connectivity index (χ4v) is 2.23. The average molecular weight is 293 g/mol. The van der Waals surface area contributed by atoms with E-state index < -0.39 is 5.97 Å².